The van der Waals surface area contributed by atoms with Crippen LogP contribution in [-0.4, -0.2) is 22.6 Å². The summed E-state index contributed by atoms with van der Waals surface area (Å²) in [5.41, 5.74) is 0.190. The molecule has 0 saturated carbocycles. The lowest BCUT2D eigenvalue weighted by atomic mass is 9.91. The number of amides is 1. The molecule has 1 aromatic heterocycles. The van der Waals surface area contributed by atoms with Crippen LogP contribution in [0.15, 0.2) is 23.1 Å². The Hall–Kier alpha value is -1.62. The van der Waals surface area contributed by atoms with E-state index in [1.807, 2.05) is 6.92 Å². The Morgan fingerprint density at radius 2 is 2.25 bits per heavy atom. The number of nitrogens with zero attached hydrogens (tertiary/aromatic N) is 1. The van der Waals surface area contributed by atoms with Crippen molar-refractivity contribution in [3.63, 3.8) is 0 Å². The smallest absolute Gasteiger partial charge is 0.250 e. The number of carbonyl (C=O) groups excluding carboxylic acids is 1. The Balaban J connectivity index is 2.16. The topological polar surface area (TPSA) is 63.1 Å². The zero-order chi connectivity index (χ0) is 14.6. The molecule has 1 fully saturated rings. The van der Waals surface area contributed by atoms with E-state index in [1.54, 1.807) is 16.8 Å². The van der Waals surface area contributed by atoms with Gasteiger partial charge >= 0.3 is 0 Å². The van der Waals surface area contributed by atoms with Gasteiger partial charge in [-0.15, -0.1) is 0 Å². The average Bonchev–Trinajstić information content (AvgIpc) is 2.91. The molecule has 0 spiro atoms. The number of nitrogens with one attached hydrogen (secondary N) is 2. The molecule has 0 radical (unpaired) electrons. The van der Waals surface area contributed by atoms with Gasteiger partial charge in [-0.2, -0.15) is 0 Å². The fourth-order valence-electron chi connectivity index (χ4n) is 2.86. The second kappa shape index (κ2) is 6.22. The second-order valence-corrected chi connectivity index (χ2v) is 5.36. The molecule has 5 heteroatoms. The van der Waals surface area contributed by atoms with E-state index in [4.69, 9.17) is 0 Å². The summed E-state index contributed by atoms with van der Waals surface area (Å²) in [6, 6.07) is 3.16. The number of hydrogen-bond acceptors (Lipinski definition) is 3. The first-order valence-electron chi connectivity index (χ1n) is 7.38. The highest BCUT2D eigenvalue weighted by Crippen LogP contribution is 2.26. The van der Waals surface area contributed by atoms with Crippen LogP contribution in [0.25, 0.3) is 0 Å². The summed E-state index contributed by atoms with van der Waals surface area (Å²) in [6.45, 7) is 5.49. The first kappa shape index (κ1) is 14.8. The largest absolute Gasteiger partial charge is 0.323 e. The number of anilines is 1. The van der Waals surface area contributed by atoms with Crippen LogP contribution in [0, 0.1) is 0 Å². The van der Waals surface area contributed by atoms with Gasteiger partial charge in [0.1, 0.15) is 0 Å². The molecule has 1 saturated heterocycles. The average molecular weight is 277 g/mol. The van der Waals surface area contributed by atoms with Crippen molar-refractivity contribution in [1.82, 2.24) is 9.88 Å². The van der Waals surface area contributed by atoms with Crippen LogP contribution < -0.4 is 16.2 Å². The number of aromatic nitrogens is 1. The number of pyridine rings is 1. The predicted molar refractivity (Wildman–Crippen MR) is 79.9 cm³/mol. The molecule has 2 heterocycles. The first-order valence-corrected chi connectivity index (χ1v) is 7.38. The summed E-state index contributed by atoms with van der Waals surface area (Å²) in [7, 11) is 0. The minimum Gasteiger partial charge on any atom is -0.323 e. The number of carbonyl (C=O) groups is 1. The lowest BCUT2D eigenvalue weighted by molar-refractivity contribution is -0.122. The van der Waals surface area contributed by atoms with Gasteiger partial charge in [0.25, 0.3) is 5.56 Å². The number of aryl methyl sites for hydroxylation is 1. The monoisotopic (exact) mass is 277 g/mol. The van der Waals surface area contributed by atoms with Crippen molar-refractivity contribution in [2.45, 2.75) is 51.6 Å². The van der Waals surface area contributed by atoms with Crippen molar-refractivity contribution < 1.29 is 4.79 Å². The molecule has 2 N–H and O–H groups in total. The maximum absolute atomic E-state index is 12.6. The Labute approximate surface area is 119 Å². The van der Waals surface area contributed by atoms with Crippen LogP contribution in [0.4, 0.5) is 5.69 Å². The molecule has 1 aliphatic heterocycles. The fraction of sp³-hybridized carbons (Fsp3) is 0.600. The molecule has 1 aromatic rings. The normalized spacial score (nSPS) is 21.9. The summed E-state index contributed by atoms with van der Waals surface area (Å²) in [4.78, 5) is 24.1. The van der Waals surface area contributed by atoms with Crippen molar-refractivity contribution >= 4 is 11.6 Å². The molecular formula is C15H23N3O2. The van der Waals surface area contributed by atoms with Gasteiger partial charge in [0, 0.05) is 18.8 Å². The quantitative estimate of drug-likeness (QED) is 0.861. The van der Waals surface area contributed by atoms with E-state index in [2.05, 4.69) is 17.6 Å². The third kappa shape index (κ3) is 2.93. The van der Waals surface area contributed by atoms with Crippen LogP contribution in [0.2, 0.25) is 0 Å². The van der Waals surface area contributed by atoms with Crippen molar-refractivity contribution in [3.05, 3.63) is 28.7 Å². The molecular weight excluding hydrogens is 254 g/mol. The summed E-state index contributed by atoms with van der Waals surface area (Å²) >= 11 is 0. The highest BCUT2D eigenvalue weighted by Gasteiger charge is 2.39. The molecule has 2 rings (SSSR count). The van der Waals surface area contributed by atoms with Crippen LogP contribution in [-0.2, 0) is 11.3 Å². The molecule has 1 unspecified atom stereocenters. The maximum Gasteiger partial charge on any atom is 0.250 e. The molecule has 1 aliphatic rings. The van der Waals surface area contributed by atoms with Crippen LogP contribution >= 0.6 is 0 Å². The van der Waals surface area contributed by atoms with Crippen molar-refractivity contribution in [2.75, 3.05) is 11.9 Å². The van der Waals surface area contributed by atoms with Crippen molar-refractivity contribution in [2.24, 2.45) is 0 Å². The highest BCUT2D eigenvalue weighted by atomic mass is 16.2. The number of rotatable bonds is 5. The molecule has 1 amide bonds. The summed E-state index contributed by atoms with van der Waals surface area (Å²) in [5.74, 6) is 0.0122. The molecule has 0 bridgehead atoms. The van der Waals surface area contributed by atoms with Crippen LogP contribution in [0.1, 0.15) is 39.5 Å². The van der Waals surface area contributed by atoms with Gasteiger partial charge in [0.2, 0.25) is 5.91 Å². The maximum atomic E-state index is 12.6. The Kier molecular flexibility index (Phi) is 4.60. The van der Waals surface area contributed by atoms with Gasteiger partial charge < -0.3 is 15.2 Å². The SMILES string of the molecule is CCCC1(C(=O)Nc2ccc(=O)n(CC)c2)CCCN1. The van der Waals surface area contributed by atoms with Gasteiger partial charge in [-0.1, -0.05) is 13.3 Å². The van der Waals surface area contributed by atoms with Gasteiger partial charge in [0.05, 0.1) is 11.2 Å². The van der Waals surface area contributed by atoms with E-state index >= 15 is 0 Å². The predicted octanol–water partition coefficient (Wildman–Crippen LogP) is 1.73. The molecule has 0 aromatic carbocycles. The third-order valence-corrected chi connectivity index (χ3v) is 3.94. The van der Waals surface area contributed by atoms with Gasteiger partial charge in [-0.25, -0.2) is 0 Å². The standard InChI is InChI=1S/C15H23N3O2/c1-3-8-15(9-5-10-16-15)14(20)17-12-6-7-13(19)18(4-2)11-12/h6-7,11,16H,3-5,8-10H2,1-2H3,(H,17,20). The molecule has 20 heavy (non-hydrogen) atoms. The van der Waals surface area contributed by atoms with E-state index in [-0.39, 0.29) is 11.5 Å². The lowest BCUT2D eigenvalue weighted by Crippen LogP contribution is -2.50. The third-order valence-electron chi connectivity index (χ3n) is 3.94. The van der Waals surface area contributed by atoms with Gasteiger partial charge in [0.15, 0.2) is 0 Å². The fourth-order valence-corrected chi connectivity index (χ4v) is 2.86. The van der Waals surface area contributed by atoms with Crippen LogP contribution in [0.5, 0.6) is 0 Å². The van der Waals surface area contributed by atoms with E-state index in [0.29, 0.717) is 12.2 Å². The van der Waals surface area contributed by atoms with E-state index in [0.717, 1.165) is 32.2 Å². The minimum atomic E-state index is -0.443. The lowest BCUT2D eigenvalue weighted by Gasteiger charge is -2.27. The zero-order valence-corrected chi connectivity index (χ0v) is 12.2. The highest BCUT2D eigenvalue weighted by molar-refractivity contribution is 5.98. The Morgan fingerprint density at radius 3 is 2.85 bits per heavy atom. The molecule has 0 aliphatic carbocycles. The van der Waals surface area contributed by atoms with E-state index in [1.165, 1.54) is 6.07 Å². The van der Waals surface area contributed by atoms with Crippen molar-refractivity contribution in [3.8, 4) is 0 Å². The van der Waals surface area contributed by atoms with E-state index in [9.17, 15) is 9.59 Å². The van der Waals surface area contributed by atoms with Gasteiger partial charge in [-0.05, 0) is 38.8 Å². The second-order valence-electron chi connectivity index (χ2n) is 5.36. The number of hydrogen-bond donors (Lipinski definition) is 2. The molecule has 1 atom stereocenters. The Bertz CT molecular complexity index is 530. The summed E-state index contributed by atoms with van der Waals surface area (Å²) in [5, 5.41) is 6.30. The van der Waals surface area contributed by atoms with Crippen LogP contribution in [0.3, 0.4) is 0 Å². The van der Waals surface area contributed by atoms with Gasteiger partial charge in [-0.3, -0.25) is 9.59 Å². The molecule has 5 nitrogen and oxygen atoms in total. The molecule has 110 valence electrons. The van der Waals surface area contributed by atoms with E-state index < -0.39 is 5.54 Å². The zero-order valence-electron chi connectivity index (χ0n) is 12.2. The van der Waals surface area contributed by atoms with Crippen molar-refractivity contribution in [1.29, 1.82) is 0 Å². The minimum absolute atomic E-state index is 0.0122. The summed E-state index contributed by atoms with van der Waals surface area (Å²) in [6.07, 6.45) is 5.41. The summed E-state index contributed by atoms with van der Waals surface area (Å²) < 4.78 is 1.59. The first-order chi connectivity index (χ1) is 9.61. The Morgan fingerprint density at radius 1 is 1.45 bits per heavy atom.